The summed E-state index contributed by atoms with van der Waals surface area (Å²) in [6.07, 6.45) is 21.6. The zero-order valence-corrected chi connectivity index (χ0v) is 32.1. The Bertz CT molecular complexity index is 1480. The van der Waals surface area contributed by atoms with Crippen LogP contribution in [0.25, 0.3) is 0 Å². The maximum absolute atomic E-state index is 13.4. The number of rotatable bonds is 12. The molecule has 7 rings (SSSR count). The van der Waals surface area contributed by atoms with Crippen LogP contribution in [0, 0.1) is 35.5 Å². The molecule has 0 N–H and O–H groups in total. The average Bonchev–Trinajstić information content (AvgIpc) is 3.20. The fourth-order valence-electron chi connectivity index (χ4n) is 10.4. The van der Waals surface area contributed by atoms with Crippen molar-refractivity contribution in [1.29, 1.82) is 0 Å². The highest BCUT2D eigenvalue weighted by Gasteiger charge is 2.32. The second kappa shape index (κ2) is 18.3. The molecule has 0 amide bonds. The van der Waals surface area contributed by atoms with Crippen molar-refractivity contribution in [1.82, 2.24) is 0 Å². The molecule has 52 heavy (non-hydrogen) atoms. The number of hydrogen-bond donors (Lipinski definition) is 0. The Morgan fingerprint density at radius 3 is 1.48 bits per heavy atom. The van der Waals surface area contributed by atoms with Gasteiger partial charge in [0.15, 0.2) is 12.9 Å². The van der Waals surface area contributed by atoms with Crippen molar-refractivity contribution in [3.8, 4) is 5.75 Å². The van der Waals surface area contributed by atoms with Gasteiger partial charge in [0.2, 0.25) is 0 Å². The molecule has 0 radical (unpaired) electrons. The Labute approximate surface area is 314 Å². The van der Waals surface area contributed by atoms with E-state index in [0.717, 1.165) is 46.8 Å². The topological polar surface area (TPSA) is 44.8 Å². The molecule has 3 aromatic carbocycles. The van der Waals surface area contributed by atoms with Crippen LogP contribution in [0.5, 0.6) is 5.75 Å². The molecular formula is C48H64O4. The Morgan fingerprint density at radius 2 is 1.00 bits per heavy atom. The molecule has 0 saturated heterocycles. The predicted molar refractivity (Wildman–Crippen MR) is 211 cm³/mol. The lowest BCUT2D eigenvalue weighted by Crippen LogP contribution is -2.24. The van der Waals surface area contributed by atoms with Crippen molar-refractivity contribution in [2.45, 2.75) is 135 Å². The monoisotopic (exact) mass is 704 g/mol. The summed E-state index contributed by atoms with van der Waals surface area (Å²) in [7, 11) is 0. The standard InChI is InChI=1S/C48H64O4/c1-34-8-12-36(13-9-34)38-16-20-40(21-17-38)42-24-26-45(27-25-42)48(49)52-47(44-6-4-3-5-7-44)32-50-33-51-46-30-28-43(29-31-46)41-22-18-39(19-23-41)37-14-10-35(2)11-15-37/h3-7,24-31,34-41,47H,8-23,32-33H2,1-2H3. The Balaban J connectivity index is 0.855. The van der Waals surface area contributed by atoms with Crippen molar-refractivity contribution < 1.29 is 19.0 Å². The van der Waals surface area contributed by atoms with Crippen LogP contribution in [0.1, 0.15) is 162 Å². The summed E-state index contributed by atoms with van der Waals surface area (Å²) in [5.74, 6) is 7.37. The molecule has 4 saturated carbocycles. The third kappa shape index (κ3) is 9.90. The van der Waals surface area contributed by atoms with Crippen LogP contribution in [0.15, 0.2) is 78.9 Å². The van der Waals surface area contributed by atoms with Crippen molar-refractivity contribution in [3.63, 3.8) is 0 Å². The molecule has 4 fully saturated rings. The van der Waals surface area contributed by atoms with Gasteiger partial charge in [-0.15, -0.1) is 0 Å². The van der Waals surface area contributed by atoms with E-state index in [0.29, 0.717) is 17.4 Å². The van der Waals surface area contributed by atoms with Crippen LogP contribution in [-0.2, 0) is 9.47 Å². The van der Waals surface area contributed by atoms with Crippen molar-refractivity contribution in [2.24, 2.45) is 35.5 Å². The minimum Gasteiger partial charge on any atom is -0.468 e. The highest BCUT2D eigenvalue weighted by atomic mass is 16.7. The van der Waals surface area contributed by atoms with Gasteiger partial charge < -0.3 is 14.2 Å². The number of hydrogen-bond acceptors (Lipinski definition) is 4. The van der Waals surface area contributed by atoms with E-state index in [1.54, 1.807) is 0 Å². The van der Waals surface area contributed by atoms with Crippen molar-refractivity contribution >= 4 is 5.97 Å². The van der Waals surface area contributed by atoms with Crippen molar-refractivity contribution in [3.05, 3.63) is 101 Å². The fraction of sp³-hybridized carbons (Fsp3) is 0.604. The minimum atomic E-state index is -0.524. The molecule has 0 spiro atoms. The zero-order valence-electron chi connectivity index (χ0n) is 32.1. The summed E-state index contributed by atoms with van der Waals surface area (Å²) in [5, 5.41) is 0. The lowest BCUT2D eigenvalue weighted by Gasteiger charge is -2.37. The molecule has 0 aromatic heterocycles. The number of ether oxygens (including phenoxy) is 3. The average molecular weight is 705 g/mol. The summed E-state index contributed by atoms with van der Waals surface area (Å²) < 4.78 is 18.0. The first-order chi connectivity index (χ1) is 25.5. The number of esters is 1. The van der Waals surface area contributed by atoms with E-state index in [2.05, 4.69) is 50.2 Å². The van der Waals surface area contributed by atoms with Crippen LogP contribution >= 0.6 is 0 Å². The zero-order chi connectivity index (χ0) is 35.7. The SMILES string of the molecule is CC1CCC(C2CCC(c3ccc(OCOCC(OC(=O)c4ccc(C5CCC(C6CCC(C)CC6)CC5)cc4)c4ccccc4)cc3)CC2)CC1. The quantitative estimate of drug-likeness (QED) is 0.107. The molecule has 1 unspecified atom stereocenters. The number of benzene rings is 3. The van der Waals surface area contributed by atoms with Crippen LogP contribution in [0.4, 0.5) is 0 Å². The van der Waals surface area contributed by atoms with Crippen molar-refractivity contribution in [2.75, 3.05) is 13.4 Å². The summed E-state index contributed by atoms with van der Waals surface area (Å²) in [5.41, 5.74) is 4.29. The van der Waals surface area contributed by atoms with Gasteiger partial charge in [-0.3, -0.25) is 0 Å². The van der Waals surface area contributed by atoms with Gasteiger partial charge in [0.25, 0.3) is 0 Å². The van der Waals surface area contributed by atoms with Gasteiger partial charge >= 0.3 is 5.97 Å². The second-order valence-corrected chi connectivity index (χ2v) is 17.4. The normalized spacial score (nSPS) is 30.3. The lowest BCUT2D eigenvalue weighted by molar-refractivity contribution is -0.0429. The summed E-state index contributed by atoms with van der Waals surface area (Å²) >= 11 is 0. The molecule has 4 aliphatic carbocycles. The predicted octanol–water partition coefficient (Wildman–Crippen LogP) is 12.8. The van der Waals surface area contributed by atoms with Crippen LogP contribution in [-0.4, -0.2) is 19.4 Å². The molecule has 280 valence electrons. The lowest BCUT2D eigenvalue weighted by atomic mass is 9.68. The second-order valence-electron chi connectivity index (χ2n) is 17.4. The number of carbonyl (C=O) groups excluding carboxylic acids is 1. The molecule has 4 heteroatoms. The molecule has 0 aliphatic heterocycles. The highest BCUT2D eigenvalue weighted by Crippen LogP contribution is 2.45. The molecule has 1 atom stereocenters. The van der Waals surface area contributed by atoms with E-state index >= 15 is 0 Å². The maximum Gasteiger partial charge on any atom is 0.338 e. The van der Waals surface area contributed by atoms with E-state index in [-0.39, 0.29) is 19.4 Å². The molecule has 4 nitrogen and oxygen atoms in total. The Hall–Kier alpha value is -3.11. The van der Waals surface area contributed by atoms with Gasteiger partial charge in [-0.05, 0) is 165 Å². The summed E-state index contributed by atoms with van der Waals surface area (Å²) in [6, 6.07) is 26.7. The molecule has 0 heterocycles. The first kappa shape index (κ1) is 37.2. The third-order valence-electron chi connectivity index (χ3n) is 14.0. The highest BCUT2D eigenvalue weighted by molar-refractivity contribution is 5.89. The van der Waals surface area contributed by atoms with Gasteiger partial charge in [-0.2, -0.15) is 0 Å². The number of carbonyl (C=O) groups is 1. The van der Waals surface area contributed by atoms with Crippen LogP contribution in [0.3, 0.4) is 0 Å². The summed E-state index contributed by atoms with van der Waals surface area (Å²) in [6.45, 7) is 5.16. The fourth-order valence-corrected chi connectivity index (χ4v) is 10.4. The van der Waals surface area contributed by atoms with Gasteiger partial charge in [0.1, 0.15) is 5.75 Å². The Kier molecular flexibility index (Phi) is 13.1. The van der Waals surface area contributed by atoms with E-state index < -0.39 is 6.10 Å². The third-order valence-corrected chi connectivity index (χ3v) is 14.0. The summed E-state index contributed by atoms with van der Waals surface area (Å²) in [4.78, 5) is 13.4. The molecule has 3 aromatic rings. The van der Waals surface area contributed by atoms with Gasteiger partial charge in [-0.25, -0.2) is 4.79 Å². The van der Waals surface area contributed by atoms with E-state index in [1.807, 2.05) is 42.5 Å². The van der Waals surface area contributed by atoms with Gasteiger partial charge in [0, 0.05) is 0 Å². The van der Waals surface area contributed by atoms with Gasteiger partial charge in [-0.1, -0.05) is 94.1 Å². The largest absolute Gasteiger partial charge is 0.468 e. The molecule has 4 aliphatic rings. The molecule has 0 bridgehead atoms. The maximum atomic E-state index is 13.4. The first-order valence-corrected chi connectivity index (χ1v) is 21.1. The van der Waals surface area contributed by atoms with Crippen LogP contribution < -0.4 is 4.74 Å². The van der Waals surface area contributed by atoms with E-state index in [4.69, 9.17) is 14.2 Å². The van der Waals surface area contributed by atoms with E-state index in [1.165, 1.54) is 114 Å². The Morgan fingerprint density at radius 1 is 0.558 bits per heavy atom. The minimum absolute atomic E-state index is 0.0994. The first-order valence-electron chi connectivity index (χ1n) is 21.1. The molecular weight excluding hydrogens is 641 g/mol. The van der Waals surface area contributed by atoms with Gasteiger partial charge in [0.05, 0.1) is 12.2 Å². The smallest absolute Gasteiger partial charge is 0.338 e. The van der Waals surface area contributed by atoms with Crippen LogP contribution in [0.2, 0.25) is 0 Å². The van der Waals surface area contributed by atoms with E-state index in [9.17, 15) is 4.79 Å².